The first kappa shape index (κ1) is 17.4. The highest BCUT2D eigenvalue weighted by atomic mass is 15.3. The maximum atomic E-state index is 4.85. The van der Waals surface area contributed by atoms with Crippen molar-refractivity contribution in [3.8, 4) is 22.4 Å². The molecule has 7 heteroatoms. The minimum Gasteiger partial charge on any atom is -0.344 e. The second-order valence-corrected chi connectivity index (χ2v) is 7.31. The zero-order chi connectivity index (χ0) is 20.0. The molecular weight excluding hydrogens is 362 g/mol. The third-order valence-electron chi connectivity index (χ3n) is 5.43. The summed E-state index contributed by atoms with van der Waals surface area (Å²) in [6, 6.07) is 8.55. The molecule has 1 unspecified atom stereocenters. The van der Waals surface area contributed by atoms with E-state index in [0.717, 1.165) is 39.2 Å². The van der Waals surface area contributed by atoms with Crippen LogP contribution in [0.1, 0.15) is 29.8 Å². The summed E-state index contributed by atoms with van der Waals surface area (Å²) in [5.74, 6) is 0. The minimum atomic E-state index is 0.144. The summed E-state index contributed by atoms with van der Waals surface area (Å²) < 4.78 is 1.99. The molecule has 0 saturated carbocycles. The molecule has 5 aromatic rings. The number of H-pyrrole nitrogens is 2. The van der Waals surface area contributed by atoms with Crippen molar-refractivity contribution in [1.29, 1.82) is 0 Å². The van der Waals surface area contributed by atoms with Crippen LogP contribution in [-0.2, 0) is 0 Å². The molecule has 4 heterocycles. The van der Waals surface area contributed by atoms with Crippen LogP contribution in [0.5, 0.6) is 0 Å². The zero-order valence-electron chi connectivity index (χ0n) is 16.5. The minimum absolute atomic E-state index is 0.144. The van der Waals surface area contributed by atoms with E-state index in [0.29, 0.717) is 0 Å². The number of hydrogen-bond acceptors (Lipinski definition) is 4. The van der Waals surface area contributed by atoms with Crippen molar-refractivity contribution in [3.63, 3.8) is 0 Å². The Bertz CT molecular complexity index is 1310. The molecule has 0 saturated heterocycles. The average molecular weight is 383 g/mol. The van der Waals surface area contributed by atoms with Crippen molar-refractivity contribution >= 4 is 11.2 Å². The van der Waals surface area contributed by atoms with Gasteiger partial charge in [-0.2, -0.15) is 10.2 Å². The van der Waals surface area contributed by atoms with E-state index in [1.807, 2.05) is 24.0 Å². The molecule has 1 aromatic carbocycles. The highest BCUT2D eigenvalue weighted by molar-refractivity contribution is 5.91. The molecule has 29 heavy (non-hydrogen) atoms. The van der Waals surface area contributed by atoms with Gasteiger partial charge in [0.15, 0.2) is 5.65 Å². The topological polar surface area (TPSA) is 88.1 Å². The molecule has 0 amide bonds. The first-order valence-electron chi connectivity index (χ1n) is 9.56. The summed E-state index contributed by atoms with van der Waals surface area (Å²) in [7, 11) is 0. The maximum absolute atomic E-state index is 4.85. The summed E-state index contributed by atoms with van der Waals surface area (Å²) in [6.45, 7) is 6.27. The molecule has 144 valence electrons. The molecule has 0 spiro atoms. The van der Waals surface area contributed by atoms with Crippen LogP contribution in [-0.4, -0.2) is 34.9 Å². The number of aromatic amines is 2. The molecule has 7 nitrogen and oxygen atoms in total. The Balaban J connectivity index is 1.55. The van der Waals surface area contributed by atoms with Crippen LogP contribution in [0, 0.1) is 13.8 Å². The molecule has 0 radical (unpaired) electrons. The standard InChI is InChI=1S/C22H21N7/c1-13-6-4-5-7-17(13)15(3)29-12-16(8-26-29)19-9-23-22-21(19)27-20(11-24-22)18-10-25-28-14(18)2/h4-12,15H,1-3H3,(H,23,24)(H,25,28). The number of nitrogens with zero attached hydrogens (tertiary/aromatic N) is 5. The quantitative estimate of drug-likeness (QED) is 0.480. The van der Waals surface area contributed by atoms with Crippen molar-refractivity contribution in [2.24, 2.45) is 0 Å². The number of nitrogens with one attached hydrogen (secondary N) is 2. The summed E-state index contributed by atoms with van der Waals surface area (Å²) in [5, 5.41) is 11.7. The maximum Gasteiger partial charge on any atom is 0.156 e. The summed E-state index contributed by atoms with van der Waals surface area (Å²) in [6.07, 6.45) is 9.44. The van der Waals surface area contributed by atoms with Gasteiger partial charge in [0.1, 0.15) is 5.52 Å². The lowest BCUT2D eigenvalue weighted by molar-refractivity contribution is 0.562. The van der Waals surface area contributed by atoms with Gasteiger partial charge < -0.3 is 4.98 Å². The largest absolute Gasteiger partial charge is 0.344 e. The lowest BCUT2D eigenvalue weighted by atomic mass is 10.0. The first-order valence-corrected chi connectivity index (χ1v) is 9.56. The second-order valence-electron chi connectivity index (χ2n) is 7.31. The average Bonchev–Trinajstić information content (AvgIpc) is 3.46. The van der Waals surface area contributed by atoms with Crippen LogP contribution in [0.2, 0.25) is 0 Å². The van der Waals surface area contributed by atoms with Crippen LogP contribution in [0.15, 0.2) is 55.2 Å². The van der Waals surface area contributed by atoms with Gasteiger partial charge in [-0.15, -0.1) is 0 Å². The van der Waals surface area contributed by atoms with Gasteiger partial charge in [-0.1, -0.05) is 24.3 Å². The number of rotatable bonds is 4. The smallest absolute Gasteiger partial charge is 0.156 e. The van der Waals surface area contributed by atoms with Crippen LogP contribution >= 0.6 is 0 Å². The fourth-order valence-electron chi connectivity index (χ4n) is 3.74. The van der Waals surface area contributed by atoms with Crippen LogP contribution in [0.3, 0.4) is 0 Å². The summed E-state index contributed by atoms with van der Waals surface area (Å²) >= 11 is 0. The SMILES string of the molecule is Cc1ccccc1C(C)n1cc(-c2c[nH]c3ncc(-c4cn[nH]c4C)nc23)cn1. The number of hydrogen-bond donors (Lipinski definition) is 2. The fraction of sp³-hybridized carbons (Fsp3) is 0.182. The van der Waals surface area contributed by atoms with Crippen molar-refractivity contribution in [2.45, 2.75) is 26.8 Å². The van der Waals surface area contributed by atoms with Gasteiger partial charge in [0.05, 0.1) is 30.3 Å². The van der Waals surface area contributed by atoms with Crippen molar-refractivity contribution in [1.82, 2.24) is 34.9 Å². The van der Waals surface area contributed by atoms with Gasteiger partial charge in [0, 0.05) is 34.8 Å². The Morgan fingerprint density at radius 2 is 1.90 bits per heavy atom. The number of fused-ring (bicyclic) bond motifs is 1. The predicted molar refractivity (Wildman–Crippen MR) is 112 cm³/mol. The molecule has 0 aliphatic heterocycles. The van der Waals surface area contributed by atoms with Crippen LogP contribution < -0.4 is 0 Å². The van der Waals surface area contributed by atoms with Crippen molar-refractivity contribution < 1.29 is 0 Å². The first-order chi connectivity index (χ1) is 14.1. The Hall–Kier alpha value is -3.74. The Morgan fingerprint density at radius 3 is 2.69 bits per heavy atom. The van der Waals surface area contributed by atoms with Gasteiger partial charge in [-0.3, -0.25) is 9.78 Å². The molecular formula is C22H21N7. The van der Waals surface area contributed by atoms with Crippen LogP contribution in [0.25, 0.3) is 33.5 Å². The lowest BCUT2D eigenvalue weighted by Gasteiger charge is -2.15. The number of aryl methyl sites for hydroxylation is 2. The number of aromatic nitrogens is 7. The summed E-state index contributed by atoms with van der Waals surface area (Å²) in [5.41, 5.74) is 8.81. The van der Waals surface area contributed by atoms with Gasteiger partial charge in [0.2, 0.25) is 0 Å². The molecule has 0 bridgehead atoms. The van der Waals surface area contributed by atoms with Crippen LogP contribution in [0.4, 0.5) is 0 Å². The van der Waals surface area contributed by atoms with E-state index < -0.39 is 0 Å². The molecule has 1 atom stereocenters. The highest BCUT2D eigenvalue weighted by Gasteiger charge is 2.16. The lowest BCUT2D eigenvalue weighted by Crippen LogP contribution is -2.08. The fourth-order valence-corrected chi connectivity index (χ4v) is 3.74. The molecule has 0 aliphatic rings. The van der Waals surface area contributed by atoms with Gasteiger partial charge in [-0.05, 0) is 31.9 Å². The molecule has 5 rings (SSSR count). The highest BCUT2D eigenvalue weighted by Crippen LogP contribution is 2.30. The zero-order valence-corrected chi connectivity index (χ0v) is 16.5. The Morgan fingerprint density at radius 1 is 1.03 bits per heavy atom. The molecule has 0 aliphatic carbocycles. The van der Waals surface area contributed by atoms with Gasteiger partial charge in [-0.25, -0.2) is 9.97 Å². The predicted octanol–water partition coefficient (Wildman–Crippen LogP) is 4.44. The van der Waals surface area contributed by atoms with E-state index in [2.05, 4.69) is 69.6 Å². The van der Waals surface area contributed by atoms with E-state index in [1.54, 1.807) is 12.4 Å². The Kier molecular flexibility index (Phi) is 4.01. The normalized spacial score (nSPS) is 12.5. The third kappa shape index (κ3) is 2.91. The van der Waals surface area contributed by atoms with Gasteiger partial charge >= 0.3 is 0 Å². The summed E-state index contributed by atoms with van der Waals surface area (Å²) in [4.78, 5) is 12.6. The monoisotopic (exact) mass is 383 g/mol. The molecule has 2 N–H and O–H groups in total. The third-order valence-corrected chi connectivity index (χ3v) is 5.43. The molecule has 4 aromatic heterocycles. The second kappa shape index (κ2) is 6.70. The van der Waals surface area contributed by atoms with Gasteiger partial charge in [0.25, 0.3) is 0 Å². The number of benzene rings is 1. The van der Waals surface area contributed by atoms with E-state index in [9.17, 15) is 0 Å². The van der Waals surface area contributed by atoms with Crippen molar-refractivity contribution in [2.75, 3.05) is 0 Å². The van der Waals surface area contributed by atoms with E-state index >= 15 is 0 Å². The van der Waals surface area contributed by atoms with Crippen molar-refractivity contribution in [3.05, 3.63) is 72.1 Å². The Labute approximate surface area is 167 Å². The van der Waals surface area contributed by atoms with E-state index in [-0.39, 0.29) is 6.04 Å². The van der Waals surface area contributed by atoms with E-state index in [1.165, 1.54) is 11.1 Å². The van der Waals surface area contributed by atoms with E-state index in [4.69, 9.17) is 4.98 Å². The molecule has 0 fully saturated rings.